The highest BCUT2D eigenvalue weighted by molar-refractivity contribution is 6.18. The molecule has 0 spiro atoms. The molecule has 0 amide bonds. The Labute approximate surface area is 80.5 Å². The van der Waals surface area contributed by atoms with Gasteiger partial charge in [0, 0.05) is 38.6 Å². The second-order valence-electron chi connectivity index (χ2n) is 3.37. The Morgan fingerprint density at radius 1 is 1.00 bits per heavy atom. The average Bonchev–Trinajstić information content (AvgIpc) is 2.09. The molecular weight excluding hydrogens is 172 g/mol. The van der Waals surface area contributed by atoms with Gasteiger partial charge < -0.3 is 4.90 Å². The lowest BCUT2D eigenvalue weighted by molar-refractivity contribution is 0.138. The van der Waals surface area contributed by atoms with E-state index >= 15 is 0 Å². The highest BCUT2D eigenvalue weighted by Gasteiger charge is 2.14. The Hall–Kier alpha value is 0.210. The minimum absolute atomic E-state index is 0.772. The van der Waals surface area contributed by atoms with Gasteiger partial charge in [0.1, 0.15) is 0 Å². The maximum absolute atomic E-state index is 5.68. The number of rotatable bonds is 4. The molecule has 0 N–H and O–H groups in total. The molecule has 2 nitrogen and oxygen atoms in total. The van der Waals surface area contributed by atoms with Crippen LogP contribution < -0.4 is 0 Å². The fourth-order valence-corrected chi connectivity index (χ4v) is 1.91. The average molecular weight is 191 g/mol. The first kappa shape index (κ1) is 10.3. The Bertz CT molecular complexity index is 97.1. The van der Waals surface area contributed by atoms with Gasteiger partial charge in [-0.1, -0.05) is 6.92 Å². The molecule has 0 aliphatic carbocycles. The molecule has 0 radical (unpaired) electrons. The van der Waals surface area contributed by atoms with E-state index < -0.39 is 0 Å². The van der Waals surface area contributed by atoms with E-state index in [2.05, 4.69) is 16.7 Å². The van der Waals surface area contributed by atoms with Crippen molar-refractivity contribution in [2.75, 3.05) is 45.1 Å². The molecule has 1 heterocycles. The van der Waals surface area contributed by atoms with Crippen LogP contribution in [0.4, 0.5) is 0 Å². The van der Waals surface area contributed by atoms with Crippen molar-refractivity contribution in [2.24, 2.45) is 0 Å². The zero-order chi connectivity index (χ0) is 8.81. The van der Waals surface area contributed by atoms with Crippen LogP contribution in [0.5, 0.6) is 0 Å². The Morgan fingerprint density at radius 3 is 1.92 bits per heavy atom. The van der Waals surface area contributed by atoms with Crippen LogP contribution >= 0.6 is 11.6 Å². The molecule has 0 saturated carbocycles. The van der Waals surface area contributed by atoms with E-state index in [-0.39, 0.29) is 0 Å². The maximum atomic E-state index is 5.68. The lowest BCUT2D eigenvalue weighted by Crippen LogP contribution is -2.46. The number of hydrogen-bond donors (Lipinski definition) is 0. The number of piperazine rings is 1. The number of nitrogens with zero attached hydrogens (tertiary/aromatic N) is 2. The highest BCUT2D eigenvalue weighted by Crippen LogP contribution is 2.01. The number of alkyl halides is 1. The summed E-state index contributed by atoms with van der Waals surface area (Å²) in [5, 5.41) is 0. The first-order valence-corrected chi connectivity index (χ1v) is 5.41. The molecule has 1 saturated heterocycles. The fraction of sp³-hybridized carbons (Fsp3) is 1.00. The SMILES string of the molecule is CCCN1CCN(CCCl)CC1. The first-order chi connectivity index (χ1) is 5.86. The molecule has 1 aliphatic heterocycles. The van der Waals surface area contributed by atoms with Crippen molar-refractivity contribution in [3.8, 4) is 0 Å². The fourth-order valence-electron chi connectivity index (χ4n) is 1.67. The van der Waals surface area contributed by atoms with E-state index in [1.807, 2.05) is 0 Å². The van der Waals surface area contributed by atoms with Crippen molar-refractivity contribution in [1.29, 1.82) is 0 Å². The molecule has 0 aromatic rings. The van der Waals surface area contributed by atoms with Crippen LogP contribution in [0.15, 0.2) is 0 Å². The van der Waals surface area contributed by atoms with Crippen molar-refractivity contribution in [1.82, 2.24) is 9.80 Å². The Balaban J connectivity index is 2.11. The zero-order valence-corrected chi connectivity index (χ0v) is 8.69. The van der Waals surface area contributed by atoms with E-state index in [1.165, 1.54) is 39.1 Å². The topological polar surface area (TPSA) is 6.48 Å². The minimum atomic E-state index is 0.772. The Kier molecular flexibility index (Phi) is 4.96. The molecule has 0 aromatic carbocycles. The van der Waals surface area contributed by atoms with Crippen LogP contribution in [0.2, 0.25) is 0 Å². The van der Waals surface area contributed by atoms with Crippen molar-refractivity contribution < 1.29 is 0 Å². The summed E-state index contributed by atoms with van der Waals surface area (Å²) in [6.07, 6.45) is 1.27. The van der Waals surface area contributed by atoms with Crippen LogP contribution in [0.3, 0.4) is 0 Å². The van der Waals surface area contributed by atoms with E-state index in [9.17, 15) is 0 Å². The van der Waals surface area contributed by atoms with Crippen LogP contribution in [0.25, 0.3) is 0 Å². The third kappa shape index (κ3) is 3.30. The van der Waals surface area contributed by atoms with Gasteiger partial charge in [0.2, 0.25) is 0 Å². The summed E-state index contributed by atoms with van der Waals surface area (Å²) in [7, 11) is 0. The van der Waals surface area contributed by atoms with Gasteiger partial charge in [-0.3, -0.25) is 4.90 Å². The molecule has 0 bridgehead atoms. The third-order valence-electron chi connectivity index (χ3n) is 2.41. The highest BCUT2D eigenvalue weighted by atomic mass is 35.5. The number of hydrogen-bond acceptors (Lipinski definition) is 2. The van der Waals surface area contributed by atoms with Gasteiger partial charge in [0.25, 0.3) is 0 Å². The second kappa shape index (κ2) is 5.79. The lowest BCUT2D eigenvalue weighted by Gasteiger charge is -2.34. The second-order valence-corrected chi connectivity index (χ2v) is 3.75. The molecule has 1 fully saturated rings. The summed E-state index contributed by atoms with van der Waals surface area (Å²) >= 11 is 5.68. The van der Waals surface area contributed by atoms with Gasteiger partial charge >= 0.3 is 0 Å². The van der Waals surface area contributed by atoms with Crippen LogP contribution in [-0.4, -0.2) is 54.9 Å². The van der Waals surface area contributed by atoms with E-state index in [1.54, 1.807) is 0 Å². The smallest absolute Gasteiger partial charge is 0.0351 e. The summed E-state index contributed by atoms with van der Waals surface area (Å²) < 4.78 is 0. The predicted molar refractivity (Wildman–Crippen MR) is 53.9 cm³/mol. The van der Waals surface area contributed by atoms with Gasteiger partial charge in [-0.15, -0.1) is 11.6 Å². The van der Waals surface area contributed by atoms with Crippen molar-refractivity contribution >= 4 is 11.6 Å². The first-order valence-electron chi connectivity index (χ1n) is 4.87. The van der Waals surface area contributed by atoms with Gasteiger partial charge in [-0.05, 0) is 13.0 Å². The van der Waals surface area contributed by atoms with Gasteiger partial charge in [-0.25, -0.2) is 0 Å². The van der Waals surface area contributed by atoms with Crippen molar-refractivity contribution in [3.63, 3.8) is 0 Å². The predicted octanol–water partition coefficient (Wildman–Crippen LogP) is 1.25. The molecule has 0 aromatic heterocycles. The molecule has 3 heteroatoms. The Morgan fingerprint density at radius 2 is 1.50 bits per heavy atom. The molecule has 12 heavy (non-hydrogen) atoms. The summed E-state index contributed by atoms with van der Waals surface area (Å²) in [5.74, 6) is 0.772. The molecule has 0 unspecified atom stereocenters. The van der Waals surface area contributed by atoms with Crippen LogP contribution in [0.1, 0.15) is 13.3 Å². The molecule has 1 rings (SSSR count). The molecule has 0 atom stereocenters. The third-order valence-corrected chi connectivity index (χ3v) is 2.57. The summed E-state index contributed by atoms with van der Waals surface area (Å²) in [4.78, 5) is 4.98. The summed E-state index contributed by atoms with van der Waals surface area (Å²) in [5.41, 5.74) is 0. The largest absolute Gasteiger partial charge is 0.301 e. The monoisotopic (exact) mass is 190 g/mol. The van der Waals surface area contributed by atoms with Gasteiger partial charge in [0.05, 0.1) is 0 Å². The normalized spacial score (nSPS) is 21.5. The quantitative estimate of drug-likeness (QED) is 0.616. The number of halogens is 1. The van der Waals surface area contributed by atoms with Gasteiger partial charge in [-0.2, -0.15) is 0 Å². The zero-order valence-electron chi connectivity index (χ0n) is 7.93. The van der Waals surface area contributed by atoms with Crippen molar-refractivity contribution in [2.45, 2.75) is 13.3 Å². The summed E-state index contributed by atoms with van der Waals surface area (Å²) in [6.45, 7) is 9.41. The minimum Gasteiger partial charge on any atom is -0.301 e. The summed E-state index contributed by atoms with van der Waals surface area (Å²) in [6, 6.07) is 0. The van der Waals surface area contributed by atoms with Crippen molar-refractivity contribution in [3.05, 3.63) is 0 Å². The lowest BCUT2D eigenvalue weighted by atomic mass is 10.3. The molecular formula is C9H19ClN2. The maximum Gasteiger partial charge on any atom is 0.0351 e. The van der Waals surface area contributed by atoms with Crippen LogP contribution in [-0.2, 0) is 0 Å². The van der Waals surface area contributed by atoms with Gasteiger partial charge in [0.15, 0.2) is 0 Å². The molecule has 1 aliphatic rings. The van der Waals surface area contributed by atoms with E-state index in [4.69, 9.17) is 11.6 Å². The van der Waals surface area contributed by atoms with E-state index in [0.29, 0.717) is 0 Å². The van der Waals surface area contributed by atoms with E-state index in [0.717, 1.165) is 12.4 Å². The van der Waals surface area contributed by atoms with Crippen LogP contribution in [0, 0.1) is 0 Å². The molecule has 72 valence electrons. The standard InChI is InChI=1S/C9H19ClN2/c1-2-4-11-6-8-12(5-3-10)9-7-11/h2-9H2,1H3.